The fourth-order valence-corrected chi connectivity index (χ4v) is 3.10. The maximum Gasteiger partial charge on any atom is 0.165 e. The van der Waals surface area contributed by atoms with E-state index in [1.165, 1.54) is 5.56 Å². The summed E-state index contributed by atoms with van der Waals surface area (Å²) in [4.78, 5) is 0. The van der Waals surface area contributed by atoms with Gasteiger partial charge in [-0.3, -0.25) is 0 Å². The van der Waals surface area contributed by atoms with Gasteiger partial charge in [0, 0.05) is 22.6 Å². The molecular weight excluding hydrogens is 330 g/mol. The Morgan fingerprint density at radius 2 is 1.90 bits per heavy atom. The lowest BCUT2D eigenvalue weighted by Gasteiger charge is -2.22. The van der Waals surface area contributed by atoms with Crippen molar-refractivity contribution in [1.29, 1.82) is 0 Å². The van der Waals surface area contributed by atoms with E-state index in [0.717, 1.165) is 28.1 Å². The van der Waals surface area contributed by atoms with Crippen molar-refractivity contribution >= 4 is 15.9 Å². The van der Waals surface area contributed by atoms with Crippen molar-refractivity contribution in [2.24, 2.45) is 0 Å². The van der Waals surface area contributed by atoms with Gasteiger partial charge in [-0.15, -0.1) is 0 Å². The van der Waals surface area contributed by atoms with Gasteiger partial charge in [-0.25, -0.2) is 0 Å². The van der Waals surface area contributed by atoms with E-state index in [4.69, 9.17) is 9.47 Å². The summed E-state index contributed by atoms with van der Waals surface area (Å²) in [6, 6.07) is 14.6. The summed E-state index contributed by atoms with van der Waals surface area (Å²) < 4.78 is 12.5. The molecule has 0 radical (unpaired) electrons. The van der Waals surface area contributed by atoms with Crippen LogP contribution in [0, 0.1) is 0 Å². The van der Waals surface area contributed by atoms with Gasteiger partial charge in [0.1, 0.15) is 13.2 Å². The SMILES string of the molecule is C[C@H](NCc1cccc2c1OCCO2)c1ccccc1Br. The highest BCUT2D eigenvalue weighted by molar-refractivity contribution is 9.10. The lowest BCUT2D eigenvalue weighted by atomic mass is 10.1. The van der Waals surface area contributed by atoms with Gasteiger partial charge in [0.15, 0.2) is 11.5 Å². The average Bonchev–Trinajstić information content (AvgIpc) is 2.53. The van der Waals surface area contributed by atoms with E-state index in [-0.39, 0.29) is 6.04 Å². The number of para-hydroxylation sites is 1. The molecule has 0 fully saturated rings. The Bertz CT molecular complexity index is 630. The molecule has 0 unspecified atom stereocenters. The molecule has 0 saturated heterocycles. The van der Waals surface area contributed by atoms with Gasteiger partial charge in [0.2, 0.25) is 0 Å². The van der Waals surface area contributed by atoms with Crippen LogP contribution in [-0.2, 0) is 6.54 Å². The van der Waals surface area contributed by atoms with Crippen molar-refractivity contribution in [2.45, 2.75) is 19.5 Å². The zero-order chi connectivity index (χ0) is 14.7. The maximum absolute atomic E-state index is 5.74. The van der Waals surface area contributed by atoms with Gasteiger partial charge in [0.05, 0.1) is 0 Å². The first-order valence-electron chi connectivity index (χ1n) is 7.11. The molecule has 1 atom stereocenters. The third kappa shape index (κ3) is 3.22. The van der Waals surface area contributed by atoms with Crippen molar-refractivity contribution in [2.75, 3.05) is 13.2 Å². The number of ether oxygens (including phenoxy) is 2. The van der Waals surface area contributed by atoms with E-state index in [2.05, 4.69) is 52.4 Å². The molecule has 1 heterocycles. The Balaban J connectivity index is 1.72. The third-order valence-electron chi connectivity index (χ3n) is 3.62. The number of benzene rings is 2. The van der Waals surface area contributed by atoms with Gasteiger partial charge >= 0.3 is 0 Å². The average molecular weight is 348 g/mol. The van der Waals surface area contributed by atoms with E-state index in [0.29, 0.717) is 13.2 Å². The van der Waals surface area contributed by atoms with E-state index in [1.54, 1.807) is 0 Å². The highest BCUT2D eigenvalue weighted by Gasteiger charge is 2.16. The van der Waals surface area contributed by atoms with Crippen molar-refractivity contribution in [1.82, 2.24) is 5.32 Å². The monoisotopic (exact) mass is 347 g/mol. The molecule has 0 aromatic heterocycles. The number of fused-ring (bicyclic) bond motifs is 1. The number of rotatable bonds is 4. The van der Waals surface area contributed by atoms with Gasteiger partial charge in [-0.05, 0) is 24.6 Å². The number of hydrogen-bond donors (Lipinski definition) is 1. The molecule has 3 rings (SSSR count). The van der Waals surface area contributed by atoms with Gasteiger partial charge in [0.25, 0.3) is 0 Å². The Labute approximate surface area is 133 Å². The van der Waals surface area contributed by atoms with Crippen LogP contribution in [0.2, 0.25) is 0 Å². The first kappa shape index (κ1) is 14.4. The molecule has 0 bridgehead atoms. The molecule has 110 valence electrons. The Morgan fingerprint density at radius 3 is 2.76 bits per heavy atom. The minimum atomic E-state index is 0.251. The zero-order valence-corrected chi connectivity index (χ0v) is 13.5. The number of nitrogens with one attached hydrogen (secondary N) is 1. The molecule has 2 aromatic rings. The zero-order valence-electron chi connectivity index (χ0n) is 11.9. The van der Waals surface area contributed by atoms with Crippen molar-refractivity contribution in [3.63, 3.8) is 0 Å². The minimum absolute atomic E-state index is 0.251. The maximum atomic E-state index is 5.74. The highest BCUT2D eigenvalue weighted by Crippen LogP contribution is 2.34. The van der Waals surface area contributed by atoms with Crippen LogP contribution < -0.4 is 14.8 Å². The molecule has 0 amide bonds. The second-order valence-electron chi connectivity index (χ2n) is 5.07. The molecule has 21 heavy (non-hydrogen) atoms. The molecule has 2 aromatic carbocycles. The molecule has 0 aliphatic carbocycles. The topological polar surface area (TPSA) is 30.5 Å². The van der Waals surface area contributed by atoms with Crippen LogP contribution in [0.15, 0.2) is 46.9 Å². The molecule has 1 N–H and O–H groups in total. The Morgan fingerprint density at radius 1 is 1.10 bits per heavy atom. The third-order valence-corrected chi connectivity index (χ3v) is 4.34. The predicted octanol–water partition coefficient (Wildman–Crippen LogP) is 4.07. The van der Waals surface area contributed by atoms with Crippen LogP contribution in [0.1, 0.15) is 24.1 Å². The van der Waals surface area contributed by atoms with Crippen LogP contribution in [0.25, 0.3) is 0 Å². The van der Waals surface area contributed by atoms with Crippen molar-refractivity contribution in [3.8, 4) is 11.5 Å². The number of hydrogen-bond acceptors (Lipinski definition) is 3. The van der Waals surface area contributed by atoms with Gasteiger partial charge < -0.3 is 14.8 Å². The summed E-state index contributed by atoms with van der Waals surface area (Å²) in [7, 11) is 0. The van der Waals surface area contributed by atoms with E-state index in [9.17, 15) is 0 Å². The summed E-state index contributed by atoms with van der Waals surface area (Å²) in [6.45, 7) is 4.14. The lowest BCUT2D eigenvalue weighted by Crippen LogP contribution is -2.21. The van der Waals surface area contributed by atoms with Crippen LogP contribution in [0.5, 0.6) is 11.5 Å². The summed E-state index contributed by atoms with van der Waals surface area (Å²) in [6.07, 6.45) is 0. The summed E-state index contributed by atoms with van der Waals surface area (Å²) in [5.74, 6) is 1.71. The molecule has 0 spiro atoms. The minimum Gasteiger partial charge on any atom is -0.486 e. The lowest BCUT2D eigenvalue weighted by molar-refractivity contribution is 0.169. The smallest absolute Gasteiger partial charge is 0.165 e. The second-order valence-corrected chi connectivity index (χ2v) is 5.92. The molecule has 1 aliphatic heterocycles. The standard InChI is InChI=1S/C17H18BrNO2/c1-12(14-6-2-3-7-15(14)18)19-11-13-5-4-8-16-17(13)21-10-9-20-16/h2-8,12,19H,9-11H2,1H3/t12-/m0/s1. The Hall–Kier alpha value is -1.52. The van der Waals surface area contributed by atoms with Crippen LogP contribution in [0.4, 0.5) is 0 Å². The van der Waals surface area contributed by atoms with Gasteiger partial charge in [-0.2, -0.15) is 0 Å². The van der Waals surface area contributed by atoms with E-state index >= 15 is 0 Å². The summed E-state index contributed by atoms with van der Waals surface area (Å²) >= 11 is 3.60. The van der Waals surface area contributed by atoms with Crippen LogP contribution in [0.3, 0.4) is 0 Å². The molecule has 3 nitrogen and oxygen atoms in total. The molecule has 4 heteroatoms. The van der Waals surface area contributed by atoms with E-state index < -0.39 is 0 Å². The first-order chi connectivity index (χ1) is 10.3. The quantitative estimate of drug-likeness (QED) is 0.904. The Kier molecular flexibility index (Phi) is 4.46. The fraction of sp³-hybridized carbons (Fsp3) is 0.294. The summed E-state index contributed by atoms with van der Waals surface area (Å²) in [5, 5.41) is 3.54. The molecule has 1 aliphatic rings. The fourth-order valence-electron chi connectivity index (χ4n) is 2.47. The summed E-state index contributed by atoms with van der Waals surface area (Å²) in [5.41, 5.74) is 2.38. The predicted molar refractivity (Wildman–Crippen MR) is 86.8 cm³/mol. The molecular formula is C17H18BrNO2. The van der Waals surface area contributed by atoms with Crippen molar-refractivity contribution in [3.05, 3.63) is 58.1 Å². The van der Waals surface area contributed by atoms with Crippen molar-refractivity contribution < 1.29 is 9.47 Å². The van der Waals surface area contributed by atoms with Crippen LogP contribution in [-0.4, -0.2) is 13.2 Å². The number of halogens is 1. The first-order valence-corrected chi connectivity index (χ1v) is 7.90. The highest BCUT2D eigenvalue weighted by atomic mass is 79.9. The van der Waals surface area contributed by atoms with Gasteiger partial charge in [-0.1, -0.05) is 46.3 Å². The normalized spacial score (nSPS) is 14.8. The largest absolute Gasteiger partial charge is 0.486 e. The van der Waals surface area contributed by atoms with E-state index in [1.807, 2.05) is 18.2 Å². The second kappa shape index (κ2) is 6.50. The van der Waals surface area contributed by atoms with Crippen LogP contribution >= 0.6 is 15.9 Å². The molecule has 0 saturated carbocycles.